The minimum Gasteiger partial charge on any atom is -0.229 e. The molecule has 0 aromatic carbocycles. The lowest BCUT2D eigenvalue weighted by Crippen LogP contribution is -2.35. The zero-order valence-corrected chi connectivity index (χ0v) is 8.28. The Morgan fingerprint density at radius 1 is 1.55 bits per heavy atom. The first kappa shape index (κ1) is 9.01. The predicted octanol–water partition coefficient (Wildman–Crippen LogP) is 0.852. The fourth-order valence-electron chi connectivity index (χ4n) is 1.15. The molecule has 1 aliphatic rings. The summed E-state index contributed by atoms with van der Waals surface area (Å²) in [5.41, 5.74) is 0. The number of sulfone groups is 1. The molecule has 0 amide bonds. The average molecular weight is 238 g/mol. The van der Waals surface area contributed by atoms with Gasteiger partial charge in [0.05, 0.1) is 17.6 Å². The van der Waals surface area contributed by atoms with Crippen molar-refractivity contribution < 1.29 is 8.42 Å². The molecular formula is C6H8BrNO2S. The molecule has 0 spiro atoms. The highest BCUT2D eigenvalue weighted by molar-refractivity contribution is 9.10. The molecule has 0 bridgehead atoms. The molecule has 1 atom stereocenters. The third-order valence-corrected chi connectivity index (χ3v) is 4.75. The Kier molecular flexibility index (Phi) is 2.26. The van der Waals surface area contributed by atoms with E-state index in [1.807, 2.05) is 6.07 Å². The Bertz CT molecular complexity index is 292. The first-order valence-corrected chi connectivity index (χ1v) is 5.89. The van der Waals surface area contributed by atoms with Crippen molar-refractivity contribution in [1.29, 1.82) is 5.26 Å². The van der Waals surface area contributed by atoms with Crippen LogP contribution < -0.4 is 0 Å². The molecule has 1 aliphatic heterocycles. The summed E-state index contributed by atoms with van der Waals surface area (Å²) in [6.07, 6.45) is 1.21. The van der Waals surface area contributed by atoms with Gasteiger partial charge in [0, 0.05) is 0 Å². The lowest BCUT2D eigenvalue weighted by atomic mass is 10.1. The van der Waals surface area contributed by atoms with Crippen LogP contribution in [-0.2, 0) is 9.84 Å². The van der Waals surface area contributed by atoms with Crippen molar-refractivity contribution in [2.45, 2.75) is 17.2 Å². The predicted molar refractivity (Wildman–Crippen MR) is 45.2 cm³/mol. The van der Waals surface area contributed by atoms with Gasteiger partial charge in [-0.05, 0) is 12.8 Å². The Balaban J connectivity index is 2.86. The van der Waals surface area contributed by atoms with Crippen LogP contribution in [0.4, 0.5) is 0 Å². The van der Waals surface area contributed by atoms with Gasteiger partial charge in [0.25, 0.3) is 0 Å². The minimum absolute atomic E-state index is 0.0451. The van der Waals surface area contributed by atoms with E-state index in [0.717, 1.165) is 0 Å². The fourth-order valence-corrected chi connectivity index (χ4v) is 4.11. The molecule has 1 unspecified atom stereocenters. The van der Waals surface area contributed by atoms with E-state index in [0.29, 0.717) is 12.8 Å². The van der Waals surface area contributed by atoms with Crippen molar-refractivity contribution >= 4 is 25.8 Å². The van der Waals surface area contributed by atoms with Gasteiger partial charge in [-0.3, -0.25) is 0 Å². The summed E-state index contributed by atoms with van der Waals surface area (Å²) in [5.74, 6) is 0.179. The first-order valence-electron chi connectivity index (χ1n) is 3.28. The molecule has 0 aliphatic carbocycles. The maximum atomic E-state index is 11.0. The number of hydrogen-bond donors (Lipinski definition) is 0. The van der Waals surface area contributed by atoms with E-state index in [1.54, 1.807) is 0 Å². The van der Waals surface area contributed by atoms with Crippen molar-refractivity contribution in [3.05, 3.63) is 0 Å². The maximum Gasteiger partial charge on any atom is 0.152 e. The van der Waals surface area contributed by atoms with E-state index >= 15 is 0 Å². The van der Waals surface area contributed by atoms with Gasteiger partial charge < -0.3 is 0 Å². The molecule has 5 heteroatoms. The number of alkyl halides is 1. The van der Waals surface area contributed by atoms with Gasteiger partial charge in [0.2, 0.25) is 0 Å². The largest absolute Gasteiger partial charge is 0.229 e. The quantitative estimate of drug-likeness (QED) is 0.588. The van der Waals surface area contributed by atoms with Crippen LogP contribution in [0.15, 0.2) is 0 Å². The number of hydrogen-bond acceptors (Lipinski definition) is 3. The molecule has 3 nitrogen and oxygen atoms in total. The molecule has 1 fully saturated rings. The molecule has 11 heavy (non-hydrogen) atoms. The monoisotopic (exact) mass is 237 g/mol. The van der Waals surface area contributed by atoms with Crippen LogP contribution in [0.25, 0.3) is 0 Å². The lowest BCUT2D eigenvalue weighted by Gasteiger charge is -2.23. The maximum absolute atomic E-state index is 11.0. The van der Waals surface area contributed by atoms with E-state index in [9.17, 15) is 8.42 Å². The Morgan fingerprint density at radius 3 is 2.55 bits per heavy atom. The molecule has 1 rings (SSSR count). The van der Waals surface area contributed by atoms with Gasteiger partial charge >= 0.3 is 0 Å². The van der Waals surface area contributed by atoms with E-state index in [-0.39, 0.29) is 11.5 Å². The van der Waals surface area contributed by atoms with Crippen molar-refractivity contribution in [3.63, 3.8) is 0 Å². The third-order valence-electron chi connectivity index (χ3n) is 1.68. The van der Waals surface area contributed by atoms with E-state index in [4.69, 9.17) is 5.26 Å². The molecule has 62 valence electrons. The van der Waals surface area contributed by atoms with Crippen LogP contribution in [0.1, 0.15) is 12.8 Å². The molecule has 0 radical (unpaired) electrons. The highest BCUT2D eigenvalue weighted by Gasteiger charge is 2.36. The second-order valence-electron chi connectivity index (χ2n) is 2.77. The zero-order valence-electron chi connectivity index (χ0n) is 5.88. The fraction of sp³-hybridized carbons (Fsp3) is 0.833. The summed E-state index contributed by atoms with van der Waals surface area (Å²) in [7, 11) is -2.97. The topological polar surface area (TPSA) is 57.9 Å². The van der Waals surface area contributed by atoms with Crippen molar-refractivity contribution in [2.75, 3.05) is 11.5 Å². The van der Waals surface area contributed by atoms with Crippen molar-refractivity contribution in [1.82, 2.24) is 0 Å². The molecule has 0 aromatic rings. The van der Waals surface area contributed by atoms with Crippen LogP contribution in [-0.4, -0.2) is 24.2 Å². The number of nitriles is 1. The summed E-state index contributed by atoms with van der Waals surface area (Å²) in [6, 6.07) is 1.97. The van der Waals surface area contributed by atoms with Crippen LogP contribution in [0.2, 0.25) is 0 Å². The van der Waals surface area contributed by atoms with Crippen LogP contribution >= 0.6 is 15.9 Å². The smallest absolute Gasteiger partial charge is 0.152 e. The number of nitrogens with zero attached hydrogens (tertiary/aromatic N) is 1. The number of halogens is 1. The van der Waals surface area contributed by atoms with Gasteiger partial charge in [-0.1, -0.05) is 15.9 Å². The summed E-state index contributed by atoms with van der Waals surface area (Å²) in [5, 5.41) is 8.62. The summed E-state index contributed by atoms with van der Waals surface area (Å²) < 4.78 is 21.3. The average Bonchev–Trinajstić information content (AvgIpc) is 1.85. The molecule has 1 saturated heterocycles. The second-order valence-corrected chi connectivity index (χ2v) is 6.47. The molecular weight excluding hydrogens is 230 g/mol. The van der Waals surface area contributed by atoms with Crippen LogP contribution in [0.5, 0.6) is 0 Å². The summed E-state index contributed by atoms with van der Waals surface area (Å²) in [4.78, 5) is 0. The molecule has 1 heterocycles. The Labute approximate surface area is 74.4 Å². The van der Waals surface area contributed by atoms with Crippen molar-refractivity contribution in [2.24, 2.45) is 0 Å². The van der Waals surface area contributed by atoms with E-state index in [1.165, 1.54) is 0 Å². The summed E-state index contributed by atoms with van der Waals surface area (Å²) >= 11 is 3.13. The van der Waals surface area contributed by atoms with E-state index < -0.39 is 14.2 Å². The van der Waals surface area contributed by atoms with E-state index in [2.05, 4.69) is 15.9 Å². The highest BCUT2D eigenvalue weighted by Crippen LogP contribution is 2.30. The van der Waals surface area contributed by atoms with Gasteiger partial charge in [-0.25, -0.2) is 8.42 Å². The number of rotatable bonds is 0. The molecule has 0 saturated carbocycles. The standard InChI is InChI=1S/C6H8BrNO2S/c7-6(4-8)2-1-3-11(9,10)5-6/h1-3,5H2. The summed E-state index contributed by atoms with van der Waals surface area (Å²) in [6.45, 7) is 0. The van der Waals surface area contributed by atoms with Gasteiger partial charge in [-0.15, -0.1) is 0 Å². The highest BCUT2D eigenvalue weighted by atomic mass is 79.9. The molecule has 0 N–H and O–H groups in total. The van der Waals surface area contributed by atoms with Gasteiger partial charge in [-0.2, -0.15) is 5.26 Å². The lowest BCUT2D eigenvalue weighted by molar-refractivity contribution is 0.564. The van der Waals surface area contributed by atoms with Gasteiger partial charge in [0.15, 0.2) is 9.84 Å². The first-order chi connectivity index (χ1) is 4.97. The van der Waals surface area contributed by atoms with Crippen LogP contribution in [0.3, 0.4) is 0 Å². The SMILES string of the molecule is N#CC1(Br)CCCS(=O)(=O)C1. The second kappa shape index (κ2) is 2.76. The zero-order chi connectivity index (χ0) is 8.54. The Hall–Kier alpha value is -0.0800. The molecule has 0 aromatic heterocycles. The van der Waals surface area contributed by atoms with Gasteiger partial charge in [0.1, 0.15) is 4.32 Å². The van der Waals surface area contributed by atoms with Crippen LogP contribution in [0, 0.1) is 11.3 Å². The third kappa shape index (κ3) is 2.17. The minimum atomic E-state index is -2.97. The normalized spacial score (nSPS) is 36.0. The Morgan fingerprint density at radius 2 is 2.18 bits per heavy atom. The van der Waals surface area contributed by atoms with Crippen molar-refractivity contribution in [3.8, 4) is 6.07 Å².